The minimum Gasteiger partial charge on any atom is -0.497 e. The predicted molar refractivity (Wildman–Crippen MR) is 139 cm³/mol. The molecule has 0 aliphatic carbocycles. The molecule has 3 aromatic rings. The second-order valence-corrected chi connectivity index (χ2v) is 10.5. The fraction of sp³-hybridized carbons (Fsp3) is 0.407. The van der Waals surface area contributed by atoms with Crippen LogP contribution in [0.3, 0.4) is 0 Å². The molecule has 0 saturated carbocycles. The Morgan fingerprint density at radius 2 is 1.87 bits per heavy atom. The molecule has 1 atom stereocenters. The molecule has 0 N–H and O–H groups in total. The molecule has 1 fully saturated rings. The lowest BCUT2D eigenvalue weighted by molar-refractivity contribution is -0.139. The lowest BCUT2D eigenvalue weighted by Crippen LogP contribution is -2.42. The van der Waals surface area contributed by atoms with Crippen LogP contribution in [-0.4, -0.2) is 46.3 Å². The second kappa shape index (κ2) is 10.8. The van der Waals surface area contributed by atoms with Crippen LogP contribution >= 0.6 is 11.3 Å². The first-order valence-corrected chi connectivity index (χ1v) is 13.4. The number of aryl methyl sites for hydroxylation is 1. The van der Waals surface area contributed by atoms with Crippen molar-refractivity contribution in [3.63, 3.8) is 0 Å². The topological polar surface area (TPSA) is 86.0 Å². The Labute approximate surface area is 226 Å². The number of benzene rings is 1. The van der Waals surface area contributed by atoms with Gasteiger partial charge in [-0.1, -0.05) is 17.3 Å². The average Bonchev–Trinajstić information content (AvgIpc) is 3.61. The fourth-order valence-electron chi connectivity index (χ4n) is 4.83. The van der Waals surface area contributed by atoms with Crippen LogP contribution in [0.25, 0.3) is 0 Å². The van der Waals surface area contributed by atoms with Gasteiger partial charge < -0.3 is 19.0 Å². The number of nitrogens with zero attached hydrogens (tertiary/aromatic N) is 4. The van der Waals surface area contributed by atoms with Crippen molar-refractivity contribution in [2.24, 2.45) is 5.16 Å². The minimum absolute atomic E-state index is 0.158. The molecule has 4 heterocycles. The highest BCUT2D eigenvalue weighted by Gasteiger charge is 2.35. The first-order chi connectivity index (χ1) is 18.6. The highest BCUT2D eigenvalue weighted by atomic mass is 32.1. The summed E-state index contributed by atoms with van der Waals surface area (Å²) in [7, 11) is 1.62. The molecule has 2 aliphatic rings. The number of alkyl halides is 3. The van der Waals surface area contributed by atoms with Gasteiger partial charge in [-0.15, -0.1) is 11.3 Å². The Bertz CT molecular complexity index is 1440. The van der Waals surface area contributed by atoms with Crippen LogP contribution in [0.4, 0.5) is 13.2 Å². The standard InChI is InChI=1S/C27H27F3N4O4S/c1-16-3-8-20(27(28,29)30)26(36)34(16)14-24(35)33-11-9-18(10-12-33)25-31-22(15-39-25)21-13-23(38-32-21)17-4-6-19(37-2)7-5-17/h3-8,15,18,23H,9-14H2,1-2H3. The Morgan fingerprint density at radius 1 is 1.15 bits per heavy atom. The van der Waals surface area contributed by atoms with Gasteiger partial charge in [-0.05, 0) is 49.6 Å². The van der Waals surface area contributed by atoms with Gasteiger partial charge >= 0.3 is 6.18 Å². The van der Waals surface area contributed by atoms with E-state index in [0.29, 0.717) is 38.0 Å². The van der Waals surface area contributed by atoms with E-state index in [1.807, 2.05) is 29.6 Å². The molecule has 0 radical (unpaired) electrons. The number of methoxy groups -OCH3 is 1. The van der Waals surface area contributed by atoms with Gasteiger partial charge in [0.25, 0.3) is 5.56 Å². The lowest BCUT2D eigenvalue weighted by atomic mass is 9.97. The Balaban J connectivity index is 1.17. The van der Waals surface area contributed by atoms with Crippen LogP contribution in [0, 0.1) is 6.92 Å². The first kappa shape index (κ1) is 26.9. The van der Waals surface area contributed by atoms with Crippen LogP contribution in [0.2, 0.25) is 0 Å². The summed E-state index contributed by atoms with van der Waals surface area (Å²) in [5.74, 6) is 0.556. The molecule has 12 heteroatoms. The summed E-state index contributed by atoms with van der Waals surface area (Å²) in [5.41, 5.74) is 0.404. The van der Waals surface area contributed by atoms with E-state index in [2.05, 4.69) is 5.16 Å². The molecule has 2 aromatic heterocycles. The molecular formula is C27H27F3N4O4S. The summed E-state index contributed by atoms with van der Waals surface area (Å²) in [5, 5.41) is 7.18. The third-order valence-electron chi connectivity index (χ3n) is 7.16. The summed E-state index contributed by atoms with van der Waals surface area (Å²) >= 11 is 1.55. The number of pyridine rings is 1. The smallest absolute Gasteiger partial charge is 0.421 e. The van der Waals surface area contributed by atoms with Crippen LogP contribution in [0.15, 0.2) is 51.7 Å². The maximum absolute atomic E-state index is 13.1. The third kappa shape index (κ3) is 5.70. The molecule has 39 heavy (non-hydrogen) atoms. The van der Waals surface area contributed by atoms with E-state index in [1.165, 1.54) is 13.0 Å². The van der Waals surface area contributed by atoms with E-state index in [1.54, 1.807) is 23.3 Å². The van der Waals surface area contributed by atoms with Crippen molar-refractivity contribution in [3.8, 4) is 5.75 Å². The van der Waals surface area contributed by atoms with Crippen molar-refractivity contribution in [1.29, 1.82) is 0 Å². The number of ether oxygens (including phenoxy) is 1. The van der Waals surface area contributed by atoms with E-state index in [0.717, 1.165) is 38.4 Å². The van der Waals surface area contributed by atoms with Gasteiger partial charge in [0.05, 0.1) is 17.8 Å². The zero-order valence-corrected chi connectivity index (χ0v) is 22.2. The number of halogens is 3. The van der Waals surface area contributed by atoms with Crippen LogP contribution in [0.1, 0.15) is 58.8 Å². The maximum Gasteiger partial charge on any atom is 0.421 e. The van der Waals surface area contributed by atoms with Crippen LogP contribution < -0.4 is 10.3 Å². The number of hydrogen-bond donors (Lipinski definition) is 0. The maximum atomic E-state index is 13.1. The molecule has 1 unspecified atom stereocenters. The third-order valence-corrected chi connectivity index (χ3v) is 8.17. The van der Waals surface area contributed by atoms with Crippen molar-refractivity contribution in [2.75, 3.05) is 20.2 Å². The SMILES string of the molecule is COc1ccc(C2CC(c3csc(C4CCN(C(=O)Cn5c(C)ccc(C(F)(F)F)c5=O)CC4)n3)=NO2)cc1. The number of carbonyl (C=O) groups is 1. The monoisotopic (exact) mass is 560 g/mol. The Morgan fingerprint density at radius 3 is 2.54 bits per heavy atom. The summed E-state index contributed by atoms with van der Waals surface area (Å²) < 4.78 is 45.5. The number of aromatic nitrogens is 2. The van der Waals surface area contributed by atoms with E-state index in [4.69, 9.17) is 14.6 Å². The van der Waals surface area contributed by atoms with Crippen molar-refractivity contribution >= 4 is 23.0 Å². The van der Waals surface area contributed by atoms with Gasteiger partial charge in [0.1, 0.15) is 23.6 Å². The zero-order valence-electron chi connectivity index (χ0n) is 21.4. The summed E-state index contributed by atoms with van der Waals surface area (Å²) in [6.45, 7) is 1.97. The van der Waals surface area contributed by atoms with Gasteiger partial charge in [-0.2, -0.15) is 13.2 Å². The highest BCUT2D eigenvalue weighted by molar-refractivity contribution is 7.10. The number of likely N-dealkylation sites (tertiary alicyclic amines) is 1. The number of amides is 1. The number of oxime groups is 1. The molecule has 5 rings (SSSR count). The fourth-order valence-corrected chi connectivity index (χ4v) is 5.83. The van der Waals surface area contributed by atoms with Crippen molar-refractivity contribution in [3.05, 3.63) is 79.7 Å². The number of piperidine rings is 1. The highest BCUT2D eigenvalue weighted by Crippen LogP contribution is 2.34. The van der Waals surface area contributed by atoms with Crippen LogP contribution in [0.5, 0.6) is 5.75 Å². The van der Waals surface area contributed by atoms with Crippen LogP contribution in [-0.2, 0) is 22.4 Å². The Hall–Kier alpha value is -3.67. The summed E-state index contributed by atoms with van der Waals surface area (Å²) in [6, 6.07) is 9.64. The molecule has 1 saturated heterocycles. The van der Waals surface area contributed by atoms with Gasteiger partial charge in [0.15, 0.2) is 6.10 Å². The van der Waals surface area contributed by atoms with E-state index >= 15 is 0 Å². The molecule has 206 valence electrons. The average molecular weight is 561 g/mol. The molecule has 1 aromatic carbocycles. The minimum atomic E-state index is -4.77. The van der Waals surface area contributed by atoms with Gasteiger partial charge in [-0.25, -0.2) is 4.98 Å². The molecule has 8 nitrogen and oxygen atoms in total. The lowest BCUT2D eigenvalue weighted by Gasteiger charge is -2.31. The normalized spacial score (nSPS) is 18.1. The molecule has 1 amide bonds. The molecule has 2 aliphatic heterocycles. The number of thiazole rings is 1. The summed E-state index contributed by atoms with van der Waals surface area (Å²) in [4.78, 5) is 37.3. The number of hydrogen-bond acceptors (Lipinski definition) is 7. The molecule has 0 spiro atoms. The summed E-state index contributed by atoms with van der Waals surface area (Å²) in [6.07, 6.45) is -3.00. The molecule has 0 bridgehead atoms. The Kier molecular flexibility index (Phi) is 7.48. The zero-order chi connectivity index (χ0) is 27.7. The van der Waals surface area contributed by atoms with Crippen molar-refractivity contribution in [2.45, 2.75) is 50.9 Å². The van der Waals surface area contributed by atoms with E-state index < -0.39 is 23.8 Å². The number of carbonyl (C=O) groups excluding carboxylic acids is 1. The van der Waals surface area contributed by atoms with Crippen molar-refractivity contribution in [1.82, 2.24) is 14.5 Å². The second-order valence-electron chi connectivity index (χ2n) is 9.61. The predicted octanol–water partition coefficient (Wildman–Crippen LogP) is 4.91. The van der Waals surface area contributed by atoms with Gasteiger partial charge in [0.2, 0.25) is 5.91 Å². The quantitative estimate of drug-likeness (QED) is 0.428. The van der Waals surface area contributed by atoms with E-state index in [-0.39, 0.29) is 17.9 Å². The van der Waals surface area contributed by atoms with Gasteiger partial charge in [0, 0.05) is 36.5 Å². The number of rotatable bonds is 6. The molecular weight excluding hydrogens is 533 g/mol. The van der Waals surface area contributed by atoms with Gasteiger partial charge in [-0.3, -0.25) is 9.59 Å². The van der Waals surface area contributed by atoms with Crippen molar-refractivity contribution < 1.29 is 27.5 Å². The van der Waals surface area contributed by atoms with E-state index in [9.17, 15) is 22.8 Å². The largest absolute Gasteiger partial charge is 0.497 e. The first-order valence-electron chi connectivity index (χ1n) is 12.5.